The molecule has 2 atom stereocenters. The number of carbonyl (C=O) groups is 1. The lowest BCUT2D eigenvalue weighted by atomic mass is 9.96. The maximum Gasteiger partial charge on any atom is 0.410 e. The van der Waals surface area contributed by atoms with Crippen LogP contribution in [-0.4, -0.2) is 55.0 Å². The van der Waals surface area contributed by atoms with Crippen LogP contribution in [0.4, 0.5) is 30.4 Å². The van der Waals surface area contributed by atoms with E-state index in [0.29, 0.717) is 49.1 Å². The molecule has 12 heteroatoms. The summed E-state index contributed by atoms with van der Waals surface area (Å²) < 4.78 is 59.2. The van der Waals surface area contributed by atoms with Crippen molar-refractivity contribution >= 4 is 23.1 Å². The lowest BCUT2D eigenvalue weighted by molar-refractivity contribution is -0.173. The Morgan fingerprint density at radius 1 is 1.05 bits per heavy atom. The lowest BCUT2D eigenvalue weighted by Gasteiger charge is -2.33. The number of alkyl halides is 3. The Bertz CT molecular complexity index is 1320. The molecule has 2 aromatic carbocycles. The molecule has 2 N–H and O–H groups in total. The first-order valence-corrected chi connectivity index (χ1v) is 11.9. The molecule has 0 spiro atoms. The van der Waals surface area contributed by atoms with E-state index >= 15 is 0 Å². The first-order chi connectivity index (χ1) is 17.9. The highest BCUT2D eigenvalue weighted by atomic mass is 19.4. The third-order valence-electron chi connectivity index (χ3n) is 6.73. The van der Waals surface area contributed by atoms with Gasteiger partial charge in [0.25, 0.3) is 5.91 Å². The van der Waals surface area contributed by atoms with Crippen molar-refractivity contribution < 1.29 is 32.2 Å². The number of halogens is 3. The van der Waals surface area contributed by atoms with Gasteiger partial charge in [0.05, 0.1) is 30.6 Å². The van der Waals surface area contributed by atoms with Gasteiger partial charge in [-0.2, -0.15) is 18.3 Å². The van der Waals surface area contributed by atoms with E-state index in [1.54, 1.807) is 30.3 Å². The van der Waals surface area contributed by atoms with Crippen LogP contribution in [0.1, 0.15) is 34.6 Å². The quantitative estimate of drug-likeness (QED) is 0.534. The van der Waals surface area contributed by atoms with E-state index < -0.39 is 24.2 Å². The second-order valence-electron chi connectivity index (χ2n) is 9.03. The second kappa shape index (κ2) is 9.18. The summed E-state index contributed by atoms with van der Waals surface area (Å²) in [5.41, 5.74) is 1.88. The molecule has 1 saturated heterocycles. The standard InChI is InChI=1S/C25H24F3N5O4/c26-25(27,28)22-12-17(15-5-6-20-21(11-15)37-14-36-20)29-23-13-18(31-33(22)23)24(34)30-16-3-1-2-4-19(16)32-7-9-35-10-8-32/h1-6,11,13,17,22,29H,7-10,12,14H2,(H,30,34)/t17-,22-/m0/s1. The summed E-state index contributed by atoms with van der Waals surface area (Å²) in [5, 5.41) is 10.00. The number of para-hydroxylation sites is 2. The van der Waals surface area contributed by atoms with Crippen molar-refractivity contribution in [1.82, 2.24) is 9.78 Å². The molecular weight excluding hydrogens is 491 g/mol. The van der Waals surface area contributed by atoms with E-state index in [2.05, 4.69) is 20.6 Å². The Morgan fingerprint density at radius 2 is 1.84 bits per heavy atom. The predicted molar refractivity (Wildman–Crippen MR) is 128 cm³/mol. The molecule has 4 heterocycles. The van der Waals surface area contributed by atoms with Gasteiger partial charge in [-0.05, 0) is 29.8 Å². The summed E-state index contributed by atoms with van der Waals surface area (Å²) in [5.74, 6) is 0.557. The van der Waals surface area contributed by atoms with E-state index in [4.69, 9.17) is 14.2 Å². The largest absolute Gasteiger partial charge is 0.454 e. The summed E-state index contributed by atoms with van der Waals surface area (Å²) >= 11 is 0. The van der Waals surface area contributed by atoms with Gasteiger partial charge in [-0.25, -0.2) is 4.68 Å². The Morgan fingerprint density at radius 3 is 2.65 bits per heavy atom. The highest BCUT2D eigenvalue weighted by Crippen LogP contribution is 2.45. The summed E-state index contributed by atoms with van der Waals surface area (Å²) in [6.07, 6.45) is -4.85. The fraction of sp³-hybridized carbons (Fsp3) is 0.360. The molecule has 0 bridgehead atoms. The summed E-state index contributed by atoms with van der Waals surface area (Å²) in [7, 11) is 0. The number of amides is 1. The van der Waals surface area contributed by atoms with Gasteiger partial charge in [-0.1, -0.05) is 18.2 Å². The van der Waals surface area contributed by atoms with Crippen LogP contribution in [0.3, 0.4) is 0 Å². The van der Waals surface area contributed by atoms with Crippen LogP contribution >= 0.6 is 0 Å². The molecule has 3 aliphatic heterocycles. The van der Waals surface area contributed by atoms with Crippen LogP contribution in [0.15, 0.2) is 48.5 Å². The van der Waals surface area contributed by atoms with Crippen molar-refractivity contribution in [3.8, 4) is 11.5 Å². The number of nitrogens with zero attached hydrogens (tertiary/aromatic N) is 3. The molecule has 0 aliphatic carbocycles. The third-order valence-corrected chi connectivity index (χ3v) is 6.73. The fourth-order valence-corrected chi connectivity index (χ4v) is 4.88. The minimum Gasteiger partial charge on any atom is -0.454 e. The molecule has 0 saturated carbocycles. The van der Waals surface area contributed by atoms with Gasteiger partial charge in [0.1, 0.15) is 5.82 Å². The third kappa shape index (κ3) is 4.52. The molecule has 1 amide bonds. The first-order valence-electron chi connectivity index (χ1n) is 11.9. The molecule has 0 radical (unpaired) electrons. The van der Waals surface area contributed by atoms with Crippen molar-refractivity contribution in [2.24, 2.45) is 0 Å². The predicted octanol–water partition coefficient (Wildman–Crippen LogP) is 4.36. The Labute approximate surface area is 210 Å². The van der Waals surface area contributed by atoms with Crippen molar-refractivity contribution in [2.45, 2.75) is 24.7 Å². The molecule has 6 rings (SSSR count). The molecule has 1 aromatic heterocycles. The maximum absolute atomic E-state index is 14.1. The van der Waals surface area contributed by atoms with Gasteiger partial charge in [-0.15, -0.1) is 0 Å². The molecule has 37 heavy (non-hydrogen) atoms. The molecule has 194 valence electrons. The van der Waals surface area contributed by atoms with Crippen LogP contribution in [0.2, 0.25) is 0 Å². The van der Waals surface area contributed by atoms with Gasteiger partial charge in [-0.3, -0.25) is 4.79 Å². The number of hydrogen-bond donors (Lipinski definition) is 2. The van der Waals surface area contributed by atoms with Crippen LogP contribution < -0.4 is 25.0 Å². The van der Waals surface area contributed by atoms with E-state index in [-0.39, 0.29) is 24.7 Å². The monoisotopic (exact) mass is 515 g/mol. The number of hydrogen-bond acceptors (Lipinski definition) is 7. The van der Waals surface area contributed by atoms with Gasteiger partial charge >= 0.3 is 6.18 Å². The van der Waals surface area contributed by atoms with Crippen molar-refractivity contribution in [1.29, 1.82) is 0 Å². The molecule has 0 unspecified atom stereocenters. The highest BCUT2D eigenvalue weighted by molar-refractivity contribution is 6.05. The van der Waals surface area contributed by atoms with Gasteiger partial charge in [0.15, 0.2) is 23.2 Å². The average molecular weight is 515 g/mol. The molecule has 1 fully saturated rings. The van der Waals surface area contributed by atoms with Crippen LogP contribution in [-0.2, 0) is 4.74 Å². The number of ether oxygens (including phenoxy) is 3. The molecule has 9 nitrogen and oxygen atoms in total. The van der Waals surface area contributed by atoms with Crippen molar-refractivity contribution in [2.75, 3.05) is 48.6 Å². The number of carbonyl (C=O) groups excluding carboxylic acids is 1. The number of fused-ring (bicyclic) bond motifs is 2. The normalized spacial score (nSPS) is 20.8. The molecular formula is C25H24F3N5O4. The summed E-state index contributed by atoms with van der Waals surface area (Å²) in [4.78, 5) is 15.2. The fourth-order valence-electron chi connectivity index (χ4n) is 4.88. The topological polar surface area (TPSA) is 89.9 Å². The van der Waals surface area contributed by atoms with Crippen LogP contribution in [0.25, 0.3) is 0 Å². The summed E-state index contributed by atoms with van der Waals surface area (Å²) in [6, 6.07) is 11.1. The minimum atomic E-state index is -4.56. The van der Waals surface area contributed by atoms with Crippen molar-refractivity contribution in [3.63, 3.8) is 0 Å². The highest BCUT2D eigenvalue weighted by Gasteiger charge is 2.47. The van der Waals surface area contributed by atoms with Gasteiger partial charge in [0.2, 0.25) is 6.79 Å². The number of aromatic nitrogens is 2. The smallest absolute Gasteiger partial charge is 0.410 e. The number of anilines is 3. The van der Waals surface area contributed by atoms with E-state index in [1.165, 1.54) is 6.07 Å². The van der Waals surface area contributed by atoms with Crippen molar-refractivity contribution in [3.05, 3.63) is 59.8 Å². The van der Waals surface area contributed by atoms with E-state index in [9.17, 15) is 18.0 Å². The Kier molecular flexibility index (Phi) is 5.82. The van der Waals surface area contributed by atoms with Gasteiger partial charge in [0, 0.05) is 25.6 Å². The van der Waals surface area contributed by atoms with Gasteiger partial charge < -0.3 is 29.7 Å². The first kappa shape index (κ1) is 23.5. The number of morpholine rings is 1. The second-order valence-corrected chi connectivity index (χ2v) is 9.03. The maximum atomic E-state index is 14.1. The molecule has 3 aliphatic rings. The minimum absolute atomic E-state index is 0.0714. The van der Waals surface area contributed by atoms with E-state index in [1.807, 2.05) is 12.1 Å². The Hall–Kier alpha value is -3.93. The average Bonchev–Trinajstić information content (AvgIpc) is 3.55. The van der Waals surface area contributed by atoms with E-state index in [0.717, 1.165) is 10.4 Å². The zero-order valence-corrected chi connectivity index (χ0v) is 19.6. The zero-order chi connectivity index (χ0) is 25.6. The number of nitrogens with one attached hydrogen (secondary N) is 2. The van der Waals surface area contributed by atoms with Crippen LogP contribution in [0, 0.1) is 0 Å². The number of benzene rings is 2. The summed E-state index contributed by atoms with van der Waals surface area (Å²) in [6.45, 7) is 2.56. The van der Waals surface area contributed by atoms with Crippen LogP contribution in [0.5, 0.6) is 11.5 Å². The Balaban J connectivity index is 1.27. The SMILES string of the molecule is O=C(Nc1ccccc1N1CCOCC1)c1cc2n(n1)[C@H](C(F)(F)F)C[C@@H](c1ccc3c(c1)OCO3)N2. The zero-order valence-electron chi connectivity index (χ0n) is 19.6. The lowest BCUT2D eigenvalue weighted by Crippen LogP contribution is -2.36. The number of rotatable bonds is 4. The molecule has 3 aromatic rings.